The fourth-order valence-electron chi connectivity index (χ4n) is 4.70. The first-order valence-corrected chi connectivity index (χ1v) is 16.4. The van der Waals surface area contributed by atoms with Gasteiger partial charge in [-0.1, -0.05) is 30.3 Å². The number of carbonyl (C=O) groups is 1. The van der Waals surface area contributed by atoms with E-state index in [0.717, 1.165) is 5.56 Å². The first-order chi connectivity index (χ1) is 19.6. The van der Waals surface area contributed by atoms with Gasteiger partial charge < -0.3 is 14.8 Å². The summed E-state index contributed by atoms with van der Waals surface area (Å²) in [5, 5.41) is 2.80. The molecule has 0 aromatic heterocycles. The van der Waals surface area contributed by atoms with E-state index in [1.54, 1.807) is 12.1 Å². The largest absolute Gasteiger partial charge is 0.497 e. The zero-order valence-electron chi connectivity index (χ0n) is 23.1. The van der Waals surface area contributed by atoms with Crippen LogP contribution in [0.3, 0.4) is 0 Å². The summed E-state index contributed by atoms with van der Waals surface area (Å²) in [5.74, 6) is 0.0186. The summed E-state index contributed by atoms with van der Waals surface area (Å²) in [5.41, 5.74) is 1.73. The minimum absolute atomic E-state index is 0.00851. The second-order valence-corrected chi connectivity index (χ2v) is 13.6. The molecule has 3 aromatic rings. The highest BCUT2D eigenvalue weighted by Gasteiger charge is 2.32. The van der Waals surface area contributed by atoms with Gasteiger partial charge in [0.1, 0.15) is 11.5 Å². The highest BCUT2D eigenvalue weighted by Crippen LogP contribution is 2.31. The van der Waals surface area contributed by atoms with Gasteiger partial charge in [-0.2, -0.15) is 0 Å². The smallest absolute Gasteiger partial charge is 0.262 e. The second kappa shape index (κ2) is 13.4. The van der Waals surface area contributed by atoms with E-state index >= 15 is 0 Å². The van der Waals surface area contributed by atoms with E-state index in [0.29, 0.717) is 49.4 Å². The van der Waals surface area contributed by atoms with Gasteiger partial charge in [-0.3, -0.25) is 9.52 Å². The number of methoxy groups -OCH3 is 2. The number of rotatable bonds is 12. The number of nitrogens with one attached hydrogen (secondary N) is 2. The Morgan fingerprint density at radius 3 is 2.37 bits per heavy atom. The quantitative estimate of drug-likeness (QED) is 0.319. The predicted molar refractivity (Wildman–Crippen MR) is 158 cm³/mol. The summed E-state index contributed by atoms with van der Waals surface area (Å²) < 4.78 is 66.2. The lowest BCUT2D eigenvalue weighted by atomic mass is 9.99. The van der Waals surface area contributed by atoms with Gasteiger partial charge in [-0.15, -0.1) is 0 Å². The van der Waals surface area contributed by atoms with E-state index in [1.165, 1.54) is 48.9 Å². The average Bonchev–Trinajstić information content (AvgIpc) is 2.97. The molecule has 1 amide bonds. The second-order valence-electron chi connectivity index (χ2n) is 9.79. The SMILES string of the molecule is COc1ccc(OC)c(NS(=O)(=O)c2ccc(NC(=O)C3CCCN(S(=O)(=O)CCCc4ccccc4)C3)cc2)c1. The summed E-state index contributed by atoms with van der Waals surface area (Å²) in [7, 11) is -4.53. The molecule has 41 heavy (non-hydrogen) atoms. The van der Waals surface area contributed by atoms with Crippen LogP contribution in [0.4, 0.5) is 11.4 Å². The number of carbonyl (C=O) groups excluding carboxylic acids is 1. The van der Waals surface area contributed by atoms with Gasteiger partial charge in [0, 0.05) is 24.8 Å². The first kappa shape index (κ1) is 30.4. The molecule has 220 valence electrons. The summed E-state index contributed by atoms with van der Waals surface area (Å²) in [6.45, 7) is 0.521. The van der Waals surface area contributed by atoms with Gasteiger partial charge in [-0.25, -0.2) is 21.1 Å². The molecule has 0 aliphatic carbocycles. The van der Waals surface area contributed by atoms with Crippen molar-refractivity contribution in [3.05, 3.63) is 78.4 Å². The van der Waals surface area contributed by atoms with Crippen LogP contribution in [0.1, 0.15) is 24.8 Å². The molecule has 0 spiro atoms. The van der Waals surface area contributed by atoms with E-state index in [9.17, 15) is 21.6 Å². The van der Waals surface area contributed by atoms with Gasteiger partial charge in [0.05, 0.1) is 36.5 Å². The van der Waals surface area contributed by atoms with Crippen molar-refractivity contribution in [2.75, 3.05) is 43.1 Å². The fraction of sp³-hybridized carbons (Fsp3) is 0.345. The molecule has 1 fully saturated rings. The minimum atomic E-state index is -3.96. The molecule has 12 heteroatoms. The third-order valence-electron chi connectivity index (χ3n) is 6.94. The Morgan fingerprint density at radius 2 is 1.68 bits per heavy atom. The maximum Gasteiger partial charge on any atom is 0.262 e. The molecule has 0 bridgehead atoms. The summed E-state index contributed by atoms with van der Waals surface area (Å²) in [6.07, 6.45) is 2.34. The van der Waals surface area contributed by atoms with Crippen LogP contribution in [0.25, 0.3) is 0 Å². The molecule has 1 aliphatic rings. The van der Waals surface area contributed by atoms with Crippen LogP contribution in [-0.4, -0.2) is 60.1 Å². The molecule has 4 rings (SSSR count). The molecule has 3 aromatic carbocycles. The van der Waals surface area contributed by atoms with Crippen LogP contribution in [0.5, 0.6) is 11.5 Å². The monoisotopic (exact) mass is 601 g/mol. The van der Waals surface area contributed by atoms with E-state index in [1.807, 2.05) is 30.3 Å². The summed E-state index contributed by atoms with van der Waals surface area (Å²) in [4.78, 5) is 13.0. The van der Waals surface area contributed by atoms with Crippen molar-refractivity contribution in [1.82, 2.24) is 4.31 Å². The number of hydrogen-bond donors (Lipinski definition) is 2. The van der Waals surface area contributed by atoms with Crippen LogP contribution in [0.15, 0.2) is 77.7 Å². The highest BCUT2D eigenvalue weighted by atomic mass is 32.2. The van der Waals surface area contributed by atoms with Crippen LogP contribution < -0.4 is 19.5 Å². The number of benzene rings is 3. The lowest BCUT2D eigenvalue weighted by molar-refractivity contribution is -0.120. The van der Waals surface area contributed by atoms with E-state index < -0.39 is 26.0 Å². The number of hydrogen-bond acceptors (Lipinski definition) is 7. The van der Waals surface area contributed by atoms with Gasteiger partial charge in [0.25, 0.3) is 10.0 Å². The molecular weight excluding hydrogens is 566 g/mol. The first-order valence-electron chi connectivity index (χ1n) is 13.3. The molecule has 0 radical (unpaired) electrons. The van der Waals surface area contributed by atoms with Gasteiger partial charge >= 0.3 is 0 Å². The Kier molecular flexibility index (Phi) is 9.90. The van der Waals surface area contributed by atoms with Gasteiger partial charge in [0.15, 0.2) is 0 Å². The molecule has 1 atom stereocenters. The van der Waals surface area contributed by atoms with E-state index in [2.05, 4.69) is 10.0 Å². The lowest BCUT2D eigenvalue weighted by Crippen LogP contribution is -2.44. The van der Waals surface area contributed by atoms with Crippen molar-refractivity contribution in [2.45, 2.75) is 30.6 Å². The van der Waals surface area contributed by atoms with Gasteiger partial charge in [0.2, 0.25) is 15.9 Å². The number of ether oxygens (including phenoxy) is 2. The minimum Gasteiger partial charge on any atom is -0.497 e. The van der Waals surface area contributed by atoms with Crippen molar-refractivity contribution in [2.24, 2.45) is 5.92 Å². The molecule has 10 nitrogen and oxygen atoms in total. The van der Waals surface area contributed by atoms with Crippen LogP contribution >= 0.6 is 0 Å². The Morgan fingerprint density at radius 1 is 0.951 bits per heavy atom. The van der Waals surface area contributed by atoms with Crippen molar-refractivity contribution < 1.29 is 31.1 Å². The third-order valence-corrected chi connectivity index (χ3v) is 10.2. The zero-order chi connectivity index (χ0) is 29.5. The molecular formula is C29H35N3O7S2. The Labute approximate surface area is 241 Å². The number of anilines is 2. The average molecular weight is 602 g/mol. The summed E-state index contributed by atoms with van der Waals surface area (Å²) >= 11 is 0. The Hall–Kier alpha value is -3.61. The molecule has 1 heterocycles. The van der Waals surface area contributed by atoms with Crippen molar-refractivity contribution in [3.63, 3.8) is 0 Å². The van der Waals surface area contributed by atoms with Crippen molar-refractivity contribution in [1.29, 1.82) is 0 Å². The maximum absolute atomic E-state index is 13.0. The van der Waals surface area contributed by atoms with Crippen molar-refractivity contribution in [3.8, 4) is 11.5 Å². The number of piperidine rings is 1. The van der Waals surface area contributed by atoms with E-state index in [-0.39, 0.29) is 28.8 Å². The van der Waals surface area contributed by atoms with Crippen molar-refractivity contribution >= 4 is 37.3 Å². The van der Waals surface area contributed by atoms with E-state index in [4.69, 9.17) is 9.47 Å². The molecule has 1 saturated heterocycles. The highest BCUT2D eigenvalue weighted by molar-refractivity contribution is 7.92. The molecule has 1 aliphatic heterocycles. The molecule has 1 unspecified atom stereocenters. The van der Waals surface area contributed by atoms with Crippen LogP contribution in [0, 0.1) is 5.92 Å². The Balaban J connectivity index is 1.34. The topological polar surface area (TPSA) is 131 Å². The Bertz CT molecular complexity index is 1540. The number of sulfonamides is 2. The van der Waals surface area contributed by atoms with Crippen LogP contribution in [0.2, 0.25) is 0 Å². The molecule has 2 N–H and O–H groups in total. The fourth-order valence-corrected chi connectivity index (χ4v) is 7.34. The third kappa shape index (κ3) is 7.99. The zero-order valence-corrected chi connectivity index (χ0v) is 24.7. The molecule has 0 saturated carbocycles. The van der Waals surface area contributed by atoms with Crippen LogP contribution in [-0.2, 0) is 31.3 Å². The normalized spacial score (nSPS) is 16.1. The predicted octanol–water partition coefficient (Wildman–Crippen LogP) is 4.12. The number of aryl methyl sites for hydroxylation is 1. The lowest BCUT2D eigenvalue weighted by Gasteiger charge is -2.31. The number of amides is 1. The van der Waals surface area contributed by atoms with Gasteiger partial charge in [-0.05, 0) is 67.6 Å². The number of nitrogens with zero attached hydrogens (tertiary/aromatic N) is 1. The standard InChI is InChI=1S/C29H35N3O7S2/c1-38-25-14-17-28(39-2)27(20-25)31-41(36,37)26-15-12-24(13-16-26)30-29(33)23-11-6-18-32(21-23)40(34,35)19-7-10-22-8-4-3-5-9-22/h3-5,8-9,12-17,20,23,31H,6-7,10-11,18-19,21H2,1-2H3,(H,30,33). The maximum atomic E-state index is 13.0. The summed E-state index contributed by atoms with van der Waals surface area (Å²) in [6, 6.07) is 20.3.